The van der Waals surface area contributed by atoms with Crippen LogP contribution in [0.15, 0.2) is 65.6 Å². The van der Waals surface area contributed by atoms with Gasteiger partial charge in [0.2, 0.25) is 10.0 Å². The van der Waals surface area contributed by atoms with E-state index in [0.717, 1.165) is 30.3 Å². The Morgan fingerprint density at radius 1 is 1.06 bits per heavy atom. The number of nitrogens with one attached hydrogen (secondary N) is 2. The summed E-state index contributed by atoms with van der Waals surface area (Å²) >= 11 is 5.61. The lowest BCUT2D eigenvalue weighted by Crippen LogP contribution is -2.24. The molecule has 3 aromatic carbocycles. The van der Waals surface area contributed by atoms with E-state index >= 15 is 0 Å². The van der Waals surface area contributed by atoms with Crippen molar-refractivity contribution in [2.45, 2.75) is 17.6 Å². The van der Waals surface area contributed by atoms with Crippen LogP contribution in [0.4, 0.5) is 23.2 Å². The Balaban J connectivity index is 1.87. The highest BCUT2D eigenvalue weighted by atomic mass is 35.5. The number of carbonyl (C=O) groups is 1. The molecule has 0 atom stereocenters. The van der Waals surface area contributed by atoms with E-state index in [0.29, 0.717) is 17.4 Å². The van der Waals surface area contributed by atoms with Crippen LogP contribution in [0.1, 0.15) is 21.5 Å². The van der Waals surface area contributed by atoms with Crippen molar-refractivity contribution in [2.75, 3.05) is 12.4 Å². The van der Waals surface area contributed by atoms with E-state index in [9.17, 15) is 30.8 Å². The quantitative estimate of drug-likeness (QED) is 0.421. The van der Waals surface area contributed by atoms with Crippen LogP contribution in [0.3, 0.4) is 0 Å². The minimum absolute atomic E-state index is 0.162. The van der Waals surface area contributed by atoms with Gasteiger partial charge in [-0.15, -0.1) is 0 Å². The van der Waals surface area contributed by atoms with Gasteiger partial charge >= 0.3 is 6.18 Å². The molecule has 0 radical (unpaired) electrons. The molecule has 0 saturated carbocycles. The molecular formula is C22H17ClF4N2O4S. The highest BCUT2D eigenvalue weighted by molar-refractivity contribution is 7.89. The number of sulfonamides is 1. The van der Waals surface area contributed by atoms with Crippen molar-refractivity contribution in [2.24, 2.45) is 0 Å². The molecule has 0 aliphatic heterocycles. The maximum Gasteiger partial charge on any atom is 0.418 e. The molecule has 0 saturated heterocycles. The molecule has 0 unspecified atom stereocenters. The molecule has 1 amide bonds. The molecule has 180 valence electrons. The molecule has 6 nitrogen and oxygen atoms in total. The summed E-state index contributed by atoms with van der Waals surface area (Å²) in [5.74, 6) is -1.95. The van der Waals surface area contributed by atoms with Gasteiger partial charge in [0.1, 0.15) is 11.6 Å². The molecule has 0 bridgehead atoms. The Morgan fingerprint density at radius 2 is 1.76 bits per heavy atom. The fourth-order valence-electron chi connectivity index (χ4n) is 3.00. The van der Waals surface area contributed by atoms with Crippen LogP contribution in [0, 0.1) is 5.82 Å². The fraction of sp³-hybridized carbons (Fsp3) is 0.136. The number of para-hydroxylation sites is 1. The molecule has 0 fully saturated rings. The van der Waals surface area contributed by atoms with Crippen LogP contribution in [0.5, 0.6) is 5.75 Å². The van der Waals surface area contributed by atoms with Crippen LogP contribution in [-0.2, 0) is 22.7 Å². The van der Waals surface area contributed by atoms with Crippen LogP contribution in [0.25, 0.3) is 0 Å². The molecule has 0 aliphatic rings. The average molecular weight is 517 g/mol. The monoisotopic (exact) mass is 516 g/mol. The van der Waals surface area contributed by atoms with Crippen molar-refractivity contribution >= 4 is 33.2 Å². The number of halogens is 5. The third-order valence-corrected chi connectivity index (χ3v) is 6.31. The third-order valence-electron chi connectivity index (χ3n) is 4.67. The van der Waals surface area contributed by atoms with Gasteiger partial charge in [-0.3, -0.25) is 4.79 Å². The number of carbonyl (C=O) groups excluding carboxylic acids is 1. The van der Waals surface area contributed by atoms with Crippen molar-refractivity contribution in [3.05, 3.63) is 88.2 Å². The van der Waals surface area contributed by atoms with E-state index in [4.69, 9.17) is 16.3 Å². The molecule has 12 heteroatoms. The summed E-state index contributed by atoms with van der Waals surface area (Å²) in [6, 6.07) is 11.7. The summed E-state index contributed by atoms with van der Waals surface area (Å²) in [7, 11) is -2.80. The Kier molecular flexibility index (Phi) is 7.49. The number of methoxy groups -OCH3 is 1. The van der Waals surface area contributed by atoms with Crippen molar-refractivity contribution in [3.8, 4) is 5.75 Å². The summed E-state index contributed by atoms with van der Waals surface area (Å²) in [5, 5.41) is 1.75. The summed E-state index contributed by atoms with van der Waals surface area (Å²) in [6.07, 6.45) is -4.85. The number of benzene rings is 3. The smallest absolute Gasteiger partial charge is 0.418 e. The second-order valence-corrected chi connectivity index (χ2v) is 9.12. The van der Waals surface area contributed by atoms with Gasteiger partial charge in [0, 0.05) is 17.1 Å². The van der Waals surface area contributed by atoms with E-state index in [-0.39, 0.29) is 11.6 Å². The first-order valence-corrected chi connectivity index (χ1v) is 11.4. The molecule has 34 heavy (non-hydrogen) atoms. The second kappa shape index (κ2) is 10.00. The van der Waals surface area contributed by atoms with Gasteiger partial charge in [0.05, 0.1) is 28.8 Å². The highest BCUT2D eigenvalue weighted by Gasteiger charge is 2.34. The van der Waals surface area contributed by atoms with Crippen LogP contribution >= 0.6 is 11.6 Å². The van der Waals surface area contributed by atoms with Gasteiger partial charge in [-0.25, -0.2) is 17.5 Å². The zero-order valence-corrected chi connectivity index (χ0v) is 19.0. The molecule has 3 aromatic rings. The normalized spacial score (nSPS) is 11.8. The highest BCUT2D eigenvalue weighted by Crippen LogP contribution is 2.36. The third kappa shape index (κ3) is 5.85. The first kappa shape index (κ1) is 25.5. The Hall–Kier alpha value is -3.15. The Labute approximate surface area is 197 Å². The van der Waals surface area contributed by atoms with E-state index < -0.39 is 49.6 Å². The predicted molar refractivity (Wildman–Crippen MR) is 118 cm³/mol. The summed E-state index contributed by atoms with van der Waals surface area (Å²) in [5.41, 5.74) is -2.14. The number of alkyl halides is 3. The van der Waals surface area contributed by atoms with Gasteiger partial charge in [0.25, 0.3) is 5.91 Å². The first-order chi connectivity index (χ1) is 15.9. The lowest BCUT2D eigenvalue weighted by atomic mass is 10.1. The zero-order valence-electron chi connectivity index (χ0n) is 17.4. The number of rotatable bonds is 7. The lowest BCUT2D eigenvalue weighted by Gasteiger charge is -2.15. The number of anilines is 1. The van der Waals surface area contributed by atoms with E-state index in [1.54, 1.807) is 24.3 Å². The molecular weight excluding hydrogens is 500 g/mol. The Morgan fingerprint density at radius 3 is 2.44 bits per heavy atom. The molecule has 3 rings (SSSR count). The maximum atomic E-state index is 14.3. The van der Waals surface area contributed by atoms with E-state index in [2.05, 4.69) is 4.72 Å². The number of amides is 1. The van der Waals surface area contributed by atoms with Gasteiger partial charge in [-0.1, -0.05) is 29.8 Å². The van der Waals surface area contributed by atoms with Crippen LogP contribution < -0.4 is 14.8 Å². The van der Waals surface area contributed by atoms with Gasteiger partial charge in [-0.05, 0) is 42.5 Å². The largest absolute Gasteiger partial charge is 0.496 e. The first-order valence-electron chi connectivity index (χ1n) is 9.51. The number of hydrogen-bond acceptors (Lipinski definition) is 4. The fourth-order valence-corrected chi connectivity index (χ4v) is 4.20. The van der Waals surface area contributed by atoms with Gasteiger partial charge in [0.15, 0.2) is 0 Å². The van der Waals surface area contributed by atoms with Crippen molar-refractivity contribution in [3.63, 3.8) is 0 Å². The summed E-state index contributed by atoms with van der Waals surface area (Å²) in [4.78, 5) is 12.1. The SMILES string of the molecule is COc1ccccc1CNS(=O)(=O)c1ccc(F)c(C(=O)Nc2ccc(Cl)cc2C(F)(F)F)c1. The van der Waals surface area contributed by atoms with Crippen LogP contribution in [-0.4, -0.2) is 21.4 Å². The number of ether oxygens (including phenoxy) is 1. The van der Waals surface area contributed by atoms with E-state index in [1.807, 2.05) is 5.32 Å². The minimum Gasteiger partial charge on any atom is -0.496 e. The van der Waals surface area contributed by atoms with Crippen molar-refractivity contribution < 1.29 is 35.5 Å². The zero-order chi connectivity index (χ0) is 25.1. The van der Waals surface area contributed by atoms with Gasteiger partial charge < -0.3 is 10.1 Å². The minimum atomic E-state index is -4.85. The standard InChI is InChI=1S/C22H17ClF4N2O4S/c1-33-20-5-3-2-4-13(20)12-28-34(31,32)15-7-8-18(24)16(11-15)21(30)29-19-9-6-14(23)10-17(19)22(25,26)27/h2-11,28H,12H2,1H3,(H,29,30). The van der Waals surface area contributed by atoms with Crippen molar-refractivity contribution in [1.29, 1.82) is 0 Å². The molecule has 0 aliphatic carbocycles. The molecule has 2 N–H and O–H groups in total. The maximum absolute atomic E-state index is 14.3. The summed E-state index contributed by atoms with van der Waals surface area (Å²) in [6.45, 7) is -0.162. The average Bonchev–Trinajstić information content (AvgIpc) is 2.78. The Bertz CT molecular complexity index is 1330. The van der Waals surface area contributed by atoms with Gasteiger partial charge in [-0.2, -0.15) is 13.2 Å². The number of hydrogen-bond donors (Lipinski definition) is 2. The van der Waals surface area contributed by atoms with E-state index in [1.165, 1.54) is 7.11 Å². The lowest BCUT2D eigenvalue weighted by molar-refractivity contribution is -0.136. The molecule has 0 aromatic heterocycles. The second-order valence-electron chi connectivity index (χ2n) is 6.92. The predicted octanol–water partition coefficient (Wildman–Crippen LogP) is 5.24. The molecule has 0 heterocycles. The molecule has 0 spiro atoms. The summed E-state index contributed by atoms with van der Waals surface area (Å²) < 4.78 is 87.0. The topological polar surface area (TPSA) is 84.5 Å². The van der Waals surface area contributed by atoms with Crippen LogP contribution in [0.2, 0.25) is 5.02 Å². The van der Waals surface area contributed by atoms with Crippen molar-refractivity contribution in [1.82, 2.24) is 4.72 Å².